The number of carbonyl (C=O) groups is 2. The number of H-pyrrole nitrogens is 1. The van der Waals surface area contributed by atoms with Gasteiger partial charge in [-0.05, 0) is 6.42 Å². The maximum Gasteiger partial charge on any atom is 0.225 e. The fourth-order valence-electron chi connectivity index (χ4n) is 1.30. The fraction of sp³-hybridized carbons (Fsp3) is 0.667. The summed E-state index contributed by atoms with van der Waals surface area (Å²) in [6.45, 7) is 6.41. The molecule has 3 N–H and O–H groups in total. The number of rotatable bonds is 6. The van der Waals surface area contributed by atoms with E-state index >= 15 is 0 Å². The third-order valence-corrected chi connectivity index (χ3v) is 2.47. The van der Waals surface area contributed by atoms with Crippen LogP contribution < -0.4 is 10.6 Å². The average molecular weight is 267 g/mol. The lowest BCUT2D eigenvalue weighted by molar-refractivity contribution is -0.128. The van der Waals surface area contributed by atoms with Gasteiger partial charge in [-0.3, -0.25) is 14.7 Å². The first kappa shape index (κ1) is 15.1. The Bertz CT molecular complexity index is 408. The zero-order chi connectivity index (χ0) is 14.3. The summed E-state index contributed by atoms with van der Waals surface area (Å²) in [5.41, 5.74) is -0.394. The Morgan fingerprint density at radius 3 is 2.63 bits per heavy atom. The molecule has 0 saturated heterocycles. The molecule has 0 bridgehead atoms. The summed E-state index contributed by atoms with van der Waals surface area (Å²) in [5.74, 6) is 0.547. The molecule has 0 unspecified atom stereocenters. The van der Waals surface area contributed by atoms with E-state index in [4.69, 9.17) is 0 Å². The van der Waals surface area contributed by atoms with Crippen LogP contribution >= 0.6 is 0 Å². The Labute approximate surface area is 112 Å². The minimum Gasteiger partial charge on any atom is -0.356 e. The van der Waals surface area contributed by atoms with E-state index in [-0.39, 0.29) is 11.8 Å². The van der Waals surface area contributed by atoms with Gasteiger partial charge in [-0.25, -0.2) is 4.98 Å². The average Bonchev–Trinajstić information content (AvgIpc) is 2.83. The SMILES string of the molecule is CC(C)(C)C(=O)NCCCC(=O)NCc1ncn[nH]1. The molecule has 0 aliphatic rings. The molecule has 0 radical (unpaired) electrons. The Hall–Kier alpha value is -1.92. The van der Waals surface area contributed by atoms with E-state index in [1.165, 1.54) is 6.33 Å². The van der Waals surface area contributed by atoms with Crippen LogP contribution in [0.25, 0.3) is 0 Å². The molecular formula is C12H21N5O2. The minimum atomic E-state index is -0.394. The van der Waals surface area contributed by atoms with E-state index in [2.05, 4.69) is 25.8 Å². The zero-order valence-electron chi connectivity index (χ0n) is 11.6. The topological polar surface area (TPSA) is 99.8 Å². The maximum atomic E-state index is 11.6. The number of hydrogen-bond donors (Lipinski definition) is 3. The Balaban J connectivity index is 2.09. The first-order valence-corrected chi connectivity index (χ1v) is 6.29. The number of nitrogens with zero attached hydrogens (tertiary/aromatic N) is 2. The first-order chi connectivity index (χ1) is 8.89. The van der Waals surface area contributed by atoms with Gasteiger partial charge in [0.05, 0.1) is 6.54 Å². The number of amides is 2. The second-order valence-corrected chi connectivity index (χ2v) is 5.32. The highest BCUT2D eigenvalue weighted by atomic mass is 16.2. The molecule has 0 saturated carbocycles. The quantitative estimate of drug-likeness (QED) is 0.648. The van der Waals surface area contributed by atoms with Gasteiger partial charge >= 0.3 is 0 Å². The Kier molecular flexibility index (Phi) is 5.47. The highest BCUT2D eigenvalue weighted by Gasteiger charge is 2.20. The van der Waals surface area contributed by atoms with Crippen molar-refractivity contribution in [3.05, 3.63) is 12.2 Å². The van der Waals surface area contributed by atoms with E-state index in [1.54, 1.807) is 0 Å². The molecule has 0 aromatic carbocycles. The van der Waals surface area contributed by atoms with Crippen molar-refractivity contribution in [3.8, 4) is 0 Å². The molecule has 0 aliphatic heterocycles. The molecule has 0 spiro atoms. The van der Waals surface area contributed by atoms with Gasteiger partial charge in [0.2, 0.25) is 11.8 Å². The van der Waals surface area contributed by atoms with Gasteiger partial charge in [-0.1, -0.05) is 20.8 Å². The third-order valence-electron chi connectivity index (χ3n) is 2.47. The van der Waals surface area contributed by atoms with Crippen LogP contribution in [-0.2, 0) is 16.1 Å². The fourth-order valence-corrected chi connectivity index (χ4v) is 1.30. The second kappa shape index (κ2) is 6.86. The van der Waals surface area contributed by atoms with Crippen molar-refractivity contribution in [3.63, 3.8) is 0 Å². The van der Waals surface area contributed by atoms with Crippen LogP contribution in [0.5, 0.6) is 0 Å². The lowest BCUT2D eigenvalue weighted by Gasteiger charge is -2.17. The summed E-state index contributed by atoms with van der Waals surface area (Å²) < 4.78 is 0. The van der Waals surface area contributed by atoms with Gasteiger partial charge in [0.25, 0.3) is 0 Å². The van der Waals surface area contributed by atoms with E-state index in [9.17, 15) is 9.59 Å². The second-order valence-electron chi connectivity index (χ2n) is 5.32. The lowest BCUT2D eigenvalue weighted by Crippen LogP contribution is -2.35. The molecular weight excluding hydrogens is 246 g/mol. The molecule has 1 heterocycles. The summed E-state index contributed by atoms with van der Waals surface area (Å²) in [6, 6.07) is 0. The van der Waals surface area contributed by atoms with Crippen LogP contribution in [0.3, 0.4) is 0 Å². The summed E-state index contributed by atoms with van der Waals surface area (Å²) >= 11 is 0. The van der Waals surface area contributed by atoms with Crippen LogP contribution in [-0.4, -0.2) is 33.5 Å². The first-order valence-electron chi connectivity index (χ1n) is 6.29. The van der Waals surface area contributed by atoms with Gasteiger partial charge < -0.3 is 10.6 Å². The van der Waals surface area contributed by atoms with Crippen molar-refractivity contribution in [2.75, 3.05) is 6.54 Å². The van der Waals surface area contributed by atoms with Gasteiger partial charge in [0.1, 0.15) is 12.2 Å². The molecule has 0 aliphatic carbocycles. The number of carbonyl (C=O) groups excluding carboxylic acids is 2. The summed E-state index contributed by atoms with van der Waals surface area (Å²) in [4.78, 5) is 26.9. The molecule has 7 nitrogen and oxygen atoms in total. The molecule has 7 heteroatoms. The standard InChI is InChI=1S/C12H21N5O2/c1-12(2,3)11(19)13-6-4-5-10(18)14-7-9-15-8-16-17-9/h8H,4-7H2,1-3H3,(H,13,19)(H,14,18)(H,15,16,17). The van der Waals surface area contributed by atoms with Gasteiger partial charge in [-0.15, -0.1) is 0 Å². The van der Waals surface area contributed by atoms with E-state index in [0.717, 1.165) is 0 Å². The third kappa shape index (κ3) is 5.98. The predicted molar refractivity (Wildman–Crippen MR) is 69.9 cm³/mol. The summed E-state index contributed by atoms with van der Waals surface area (Å²) in [7, 11) is 0. The maximum absolute atomic E-state index is 11.6. The Morgan fingerprint density at radius 2 is 2.05 bits per heavy atom. The highest BCUT2D eigenvalue weighted by Crippen LogP contribution is 2.12. The van der Waals surface area contributed by atoms with E-state index in [1.807, 2.05) is 20.8 Å². The number of hydrogen-bond acceptors (Lipinski definition) is 4. The van der Waals surface area contributed by atoms with Gasteiger partial charge in [0.15, 0.2) is 0 Å². The Morgan fingerprint density at radius 1 is 1.32 bits per heavy atom. The molecule has 1 aromatic heterocycles. The van der Waals surface area contributed by atoms with Gasteiger partial charge in [-0.2, -0.15) is 5.10 Å². The normalized spacial score (nSPS) is 11.1. The molecule has 2 amide bonds. The van der Waals surface area contributed by atoms with Crippen molar-refractivity contribution in [2.45, 2.75) is 40.2 Å². The minimum absolute atomic E-state index is 0.00503. The summed E-state index contributed by atoms with van der Waals surface area (Å²) in [5, 5.41) is 11.9. The van der Waals surface area contributed by atoms with Crippen molar-refractivity contribution in [1.82, 2.24) is 25.8 Å². The zero-order valence-corrected chi connectivity index (χ0v) is 11.6. The van der Waals surface area contributed by atoms with Crippen LogP contribution in [0.4, 0.5) is 0 Å². The lowest BCUT2D eigenvalue weighted by atomic mass is 9.96. The highest BCUT2D eigenvalue weighted by molar-refractivity contribution is 5.81. The molecule has 106 valence electrons. The van der Waals surface area contributed by atoms with E-state index < -0.39 is 5.41 Å². The largest absolute Gasteiger partial charge is 0.356 e. The molecule has 1 rings (SSSR count). The number of aromatic nitrogens is 3. The summed E-state index contributed by atoms with van der Waals surface area (Å²) in [6.07, 6.45) is 2.38. The smallest absolute Gasteiger partial charge is 0.225 e. The van der Waals surface area contributed by atoms with Crippen molar-refractivity contribution >= 4 is 11.8 Å². The van der Waals surface area contributed by atoms with Crippen LogP contribution in [0.15, 0.2) is 6.33 Å². The molecule has 0 atom stereocenters. The number of nitrogens with one attached hydrogen (secondary N) is 3. The van der Waals surface area contributed by atoms with E-state index in [0.29, 0.717) is 31.8 Å². The number of aromatic amines is 1. The van der Waals surface area contributed by atoms with Gasteiger partial charge in [0, 0.05) is 18.4 Å². The predicted octanol–water partition coefficient (Wildman–Crippen LogP) is 0.363. The molecule has 1 aromatic rings. The van der Waals surface area contributed by atoms with Crippen LogP contribution in [0.2, 0.25) is 0 Å². The molecule has 19 heavy (non-hydrogen) atoms. The van der Waals surface area contributed by atoms with Crippen LogP contribution in [0.1, 0.15) is 39.4 Å². The van der Waals surface area contributed by atoms with Crippen molar-refractivity contribution < 1.29 is 9.59 Å². The molecule has 0 fully saturated rings. The monoisotopic (exact) mass is 267 g/mol. The van der Waals surface area contributed by atoms with Crippen LogP contribution in [0, 0.1) is 5.41 Å². The van der Waals surface area contributed by atoms with Crippen molar-refractivity contribution in [1.29, 1.82) is 0 Å². The van der Waals surface area contributed by atoms with Crippen molar-refractivity contribution in [2.24, 2.45) is 5.41 Å².